The van der Waals surface area contributed by atoms with E-state index in [-0.39, 0.29) is 11.2 Å². The number of amides is 1. The van der Waals surface area contributed by atoms with E-state index in [2.05, 4.69) is 12.2 Å². The number of nitrogens with one attached hydrogen (secondary N) is 1. The zero-order valence-electron chi connectivity index (χ0n) is 10.8. The van der Waals surface area contributed by atoms with E-state index in [0.717, 1.165) is 17.0 Å². The molecular formula is C14H21NOS. The number of hydrogen-bond donors (Lipinski definition) is 1. The van der Waals surface area contributed by atoms with Crippen LogP contribution in [-0.2, 0) is 4.79 Å². The average molecular weight is 251 g/mol. The molecule has 1 aromatic carbocycles. The highest BCUT2D eigenvalue weighted by Crippen LogP contribution is 2.17. The minimum absolute atomic E-state index is 0.0150. The Hall–Kier alpha value is -0.960. The Morgan fingerprint density at radius 3 is 2.76 bits per heavy atom. The van der Waals surface area contributed by atoms with E-state index in [0.29, 0.717) is 0 Å². The Morgan fingerprint density at radius 2 is 2.12 bits per heavy atom. The molecule has 0 aliphatic heterocycles. The van der Waals surface area contributed by atoms with Crippen molar-refractivity contribution in [1.29, 1.82) is 0 Å². The fourth-order valence-electron chi connectivity index (χ4n) is 1.43. The quantitative estimate of drug-likeness (QED) is 0.778. The van der Waals surface area contributed by atoms with Gasteiger partial charge < -0.3 is 5.32 Å². The van der Waals surface area contributed by atoms with Crippen LogP contribution in [0.4, 0.5) is 5.69 Å². The van der Waals surface area contributed by atoms with Crippen LogP contribution in [0.1, 0.15) is 32.3 Å². The molecule has 1 N–H and O–H groups in total. The number of para-hydroxylation sites is 1. The Bertz CT molecular complexity index is 365. The van der Waals surface area contributed by atoms with Crippen molar-refractivity contribution in [2.75, 3.05) is 11.1 Å². The van der Waals surface area contributed by atoms with Gasteiger partial charge in [0.1, 0.15) is 0 Å². The number of carbonyl (C=O) groups is 1. The van der Waals surface area contributed by atoms with Crippen LogP contribution in [0.3, 0.4) is 0 Å². The van der Waals surface area contributed by atoms with Crippen LogP contribution in [0.2, 0.25) is 0 Å². The summed E-state index contributed by atoms with van der Waals surface area (Å²) < 4.78 is 0. The molecule has 1 unspecified atom stereocenters. The summed E-state index contributed by atoms with van der Waals surface area (Å²) >= 11 is 1.72. The second kappa shape index (κ2) is 7.38. The van der Waals surface area contributed by atoms with Gasteiger partial charge in [0.05, 0.1) is 5.25 Å². The molecule has 0 saturated heterocycles. The van der Waals surface area contributed by atoms with Gasteiger partial charge in [-0.05, 0) is 37.7 Å². The lowest BCUT2D eigenvalue weighted by atomic mass is 10.2. The number of carbonyl (C=O) groups excluding carboxylic acids is 1. The average Bonchev–Trinajstić information content (AvgIpc) is 2.32. The maximum absolute atomic E-state index is 11.9. The van der Waals surface area contributed by atoms with E-state index in [1.54, 1.807) is 11.8 Å². The molecule has 94 valence electrons. The number of thioether (sulfide) groups is 1. The van der Waals surface area contributed by atoms with E-state index in [1.807, 2.05) is 38.1 Å². The number of aryl methyl sites for hydroxylation is 1. The molecule has 0 heterocycles. The molecule has 0 aliphatic rings. The largest absolute Gasteiger partial charge is 0.325 e. The molecule has 3 heteroatoms. The standard InChI is InChI=1S/C14H21NOS/c1-4-5-10-17-12(3)14(16)15-13-9-7-6-8-11(13)2/h6-9,12H,4-5,10H2,1-3H3,(H,15,16). The van der Waals surface area contributed by atoms with Gasteiger partial charge in [-0.2, -0.15) is 0 Å². The zero-order chi connectivity index (χ0) is 12.7. The van der Waals surface area contributed by atoms with Crippen molar-refractivity contribution in [3.8, 4) is 0 Å². The molecule has 0 radical (unpaired) electrons. The minimum Gasteiger partial charge on any atom is -0.325 e. The van der Waals surface area contributed by atoms with E-state index in [1.165, 1.54) is 12.8 Å². The third-order valence-corrected chi connectivity index (χ3v) is 3.88. The molecular weight excluding hydrogens is 230 g/mol. The third-order valence-electron chi connectivity index (χ3n) is 2.64. The lowest BCUT2D eigenvalue weighted by molar-refractivity contribution is -0.115. The predicted octanol–water partition coefficient (Wildman–Crippen LogP) is 3.86. The Morgan fingerprint density at radius 1 is 1.41 bits per heavy atom. The predicted molar refractivity (Wildman–Crippen MR) is 76.6 cm³/mol. The van der Waals surface area contributed by atoms with Gasteiger partial charge >= 0.3 is 0 Å². The van der Waals surface area contributed by atoms with Gasteiger partial charge in [-0.25, -0.2) is 0 Å². The van der Waals surface area contributed by atoms with Gasteiger partial charge in [0, 0.05) is 5.69 Å². The van der Waals surface area contributed by atoms with E-state index in [4.69, 9.17) is 0 Å². The number of rotatable bonds is 6. The van der Waals surface area contributed by atoms with Crippen molar-refractivity contribution in [3.63, 3.8) is 0 Å². The van der Waals surface area contributed by atoms with Crippen molar-refractivity contribution >= 4 is 23.4 Å². The lowest BCUT2D eigenvalue weighted by Crippen LogP contribution is -2.23. The van der Waals surface area contributed by atoms with E-state index >= 15 is 0 Å². The first-order chi connectivity index (χ1) is 8.15. The topological polar surface area (TPSA) is 29.1 Å². The Kier molecular flexibility index (Phi) is 6.12. The van der Waals surface area contributed by atoms with Crippen LogP contribution < -0.4 is 5.32 Å². The van der Waals surface area contributed by atoms with Crippen molar-refractivity contribution in [3.05, 3.63) is 29.8 Å². The second-order valence-electron chi connectivity index (χ2n) is 4.17. The van der Waals surface area contributed by atoms with Gasteiger partial charge in [-0.1, -0.05) is 31.5 Å². The summed E-state index contributed by atoms with van der Waals surface area (Å²) in [6, 6.07) is 7.86. The first-order valence-corrected chi connectivity index (χ1v) is 7.18. The van der Waals surface area contributed by atoms with Crippen molar-refractivity contribution in [2.45, 2.75) is 38.9 Å². The Labute approximate surface area is 108 Å². The van der Waals surface area contributed by atoms with Gasteiger partial charge in [-0.3, -0.25) is 4.79 Å². The van der Waals surface area contributed by atoms with Crippen LogP contribution in [0.5, 0.6) is 0 Å². The SMILES string of the molecule is CCCCSC(C)C(=O)Nc1ccccc1C. The van der Waals surface area contributed by atoms with Crippen LogP contribution in [-0.4, -0.2) is 16.9 Å². The maximum atomic E-state index is 11.9. The Balaban J connectivity index is 2.46. The zero-order valence-corrected chi connectivity index (χ0v) is 11.6. The van der Waals surface area contributed by atoms with Crippen molar-refractivity contribution < 1.29 is 4.79 Å². The molecule has 1 amide bonds. The summed E-state index contributed by atoms with van der Waals surface area (Å²) in [5.41, 5.74) is 2.02. The van der Waals surface area contributed by atoms with Gasteiger partial charge in [-0.15, -0.1) is 11.8 Å². The third kappa shape index (κ3) is 4.82. The van der Waals surface area contributed by atoms with Crippen LogP contribution >= 0.6 is 11.8 Å². The van der Waals surface area contributed by atoms with Crippen molar-refractivity contribution in [1.82, 2.24) is 0 Å². The molecule has 0 aliphatic carbocycles. The van der Waals surface area contributed by atoms with E-state index < -0.39 is 0 Å². The highest BCUT2D eigenvalue weighted by molar-refractivity contribution is 8.00. The molecule has 17 heavy (non-hydrogen) atoms. The summed E-state index contributed by atoms with van der Waals surface area (Å²) in [7, 11) is 0. The normalized spacial score (nSPS) is 12.2. The minimum atomic E-state index is 0.0150. The van der Waals surface area contributed by atoms with Crippen molar-refractivity contribution in [2.24, 2.45) is 0 Å². The molecule has 1 aromatic rings. The molecule has 0 spiro atoms. The highest BCUT2D eigenvalue weighted by atomic mass is 32.2. The smallest absolute Gasteiger partial charge is 0.237 e. The lowest BCUT2D eigenvalue weighted by Gasteiger charge is -2.13. The van der Waals surface area contributed by atoms with Gasteiger partial charge in [0.2, 0.25) is 5.91 Å². The highest BCUT2D eigenvalue weighted by Gasteiger charge is 2.13. The van der Waals surface area contributed by atoms with Gasteiger partial charge in [0.25, 0.3) is 0 Å². The molecule has 0 aromatic heterocycles. The molecule has 1 rings (SSSR count). The fourth-order valence-corrected chi connectivity index (χ4v) is 2.45. The number of anilines is 1. The summed E-state index contributed by atoms with van der Waals surface area (Å²) in [5.74, 6) is 1.15. The molecule has 1 atom stereocenters. The molecule has 0 fully saturated rings. The van der Waals surface area contributed by atoms with Crippen LogP contribution in [0, 0.1) is 6.92 Å². The monoisotopic (exact) mass is 251 g/mol. The molecule has 2 nitrogen and oxygen atoms in total. The van der Waals surface area contributed by atoms with Crippen LogP contribution in [0.25, 0.3) is 0 Å². The molecule has 0 bridgehead atoms. The second-order valence-corrected chi connectivity index (χ2v) is 5.62. The summed E-state index contributed by atoms with van der Waals surface area (Å²) in [4.78, 5) is 11.9. The fraction of sp³-hybridized carbons (Fsp3) is 0.500. The van der Waals surface area contributed by atoms with E-state index in [9.17, 15) is 4.79 Å². The summed E-state index contributed by atoms with van der Waals surface area (Å²) in [6.07, 6.45) is 2.35. The van der Waals surface area contributed by atoms with Gasteiger partial charge in [0.15, 0.2) is 0 Å². The number of benzene rings is 1. The summed E-state index contributed by atoms with van der Waals surface area (Å²) in [6.45, 7) is 6.14. The number of unbranched alkanes of at least 4 members (excludes halogenated alkanes) is 1. The maximum Gasteiger partial charge on any atom is 0.237 e. The summed E-state index contributed by atoms with van der Waals surface area (Å²) in [5, 5.41) is 2.99. The first kappa shape index (κ1) is 14.1. The molecule has 0 saturated carbocycles. The van der Waals surface area contributed by atoms with Crippen LogP contribution in [0.15, 0.2) is 24.3 Å². The first-order valence-electron chi connectivity index (χ1n) is 6.13. The number of hydrogen-bond acceptors (Lipinski definition) is 2.